The van der Waals surface area contributed by atoms with Gasteiger partial charge in [0.2, 0.25) is 11.8 Å². The Morgan fingerprint density at radius 3 is 2.64 bits per heavy atom. The maximum Gasteiger partial charge on any atom is 0.246 e. The number of hydrogen-bond donors (Lipinski definition) is 1. The third kappa shape index (κ3) is 7.29. The monoisotopic (exact) mass is 730 g/mol. The molecule has 0 bridgehead atoms. The molecule has 1 fully saturated rings. The molecule has 0 spiro atoms. The van der Waals surface area contributed by atoms with E-state index in [9.17, 15) is 5.11 Å². The van der Waals surface area contributed by atoms with E-state index >= 15 is 0 Å². The number of nitrogens with zero attached hydrogens (tertiary/aromatic N) is 8. The van der Waals surface area contributed by atoms with Crippen molar-refractivity contribution >= 4 is 33.5 Å². The number of terminal acetylenes is 1. The molecule has 1 aliphatic heterocycles. The molecule has 0 amide bonds. The van der Waals surface area contributed by atoms with Gasteiger partial charge in [-0.05, 0) is 88.5 Å². The summed E-state index contributed by atoms with van der Waals surface area (Å²) >= 11 is 2.29. The van der Waals surface area contributed by atoms with Gasteiger partial charge in [0.25, 0.3) is 0 Å². The van der Waals surface area contributed by atoms with E-state index in [4.69, 9.17) is 30.7 Å². The molecule has 1 aliphatic rings. The number of aliphatic hydroxyl groups excluding tert-OH is 1. The predicted molar refractivity (Wildman–Crippen MR) is 180 cm³/mol. The normalized spacial score (nSPS) is 16.2. The summed E-state index contributed by atoms with van der Waals surface area (Å²) in [5.41, 5.74) is 3.90. The second-order valence-electron chi connectivity index (χ2n) is 12.0. The fourth-order valence-corrected chi connectivity index (χ4v) is 6.24. The van der Waals surface area contributed by atoms with Crippen molar-refractivity contribution in [2.24, 2.45) is 7.05 Å². The molecule has 2 atom stereocenters. The summed E-state index contributed by atoms with van der Waals surface area (Å²) < 4.78 is 24.9. The Labute approximate surface area is 278 Å². The first-order valence-electron chi connectivity index (χ1n) is 15.5. The van der Waals surface area contributed by atoms with Gasteiger partial charge < -0.3 is 19.3 Å². The highest BCUT2D eigenvalue weighted by Crippen LogP contribution is 2.34. The fourth-order valence-electron chi connectivity index (χ4n) is 5.56. The first-order chi connectivity index (χ1) is 21.6. The van der Waals surface area contributed by atoms with Crippen LogP contribution in [0.2, 0.25) is 0 Å². The Balaban J connectivity index is 1.37. The number of fused-ring (bicyclic) bond motifs is 1. The van der Waals surface area contributed by atoms with E-state index in [0.29, 0.717) is 49.4 Å². The van der Waals surface area contributed by atoms with Gasteiger partial charge in [-0.3, -0.25) is 14.6 Å². The van der Waals surface area contributed by atoms with Crippen molar-refractivity contribution in [2.45, 2.75) is 91.4 Å². The Morgan fingerprint density at radius 2 is 1.98 bits per heavy atom. The molecule has 0 aromatic carbocycles. The van der Waals surface area contributed by atoms with Crippen molar-refractivity contribution in [3.63, 3.8) is 0 Å². The minimum absolute atomic E-state index is 0.00186. The third-order valence-corrected chi connectivity index (χ3v) is 8.91. The van der Waals surface area contributed by atoms with Crippen molar-refractivity contribution in [1.82, 2.24) is 39.2 Å². The van der Waals surface area contributed by atoms with E-state index in [1.807, 2.05) is 42.5 Å². The lowest BCUT2D eigenvalue weighted by atomic mass is 10.1. The molecule has 1 unspecified atom stereocenters. The Kier molecular flexibility index (Phi) is 10.7. The predicted octanol–water partition coefficient (Wildman–Crippen LogP) is 4.77. The third-order valence-electron chi connectivity index (χ3n) is 7.83. The van der Waals surface area contributed by atoms with E-state index in [-0.39, 0.29) is 31.1 Å². The molecule has 0 aliphatic carbocycles. The SMILES string of the molecule is C#Cc1nn(C2CCCCO2)c2cnc(-c3cnn(C)c3O[C@@H](C)CN(Cc3c(I)c(OC(C)C)nn3CCO)C(C)C)cc12. The first-order valence-corrected chi connectivity index (χ1v) is 16.6. The van der Waals surface area contributed by atoms with Crippen LogP contribution < -0.4 is 9.47 Å². The molecule has 1 N–H and O–H groups in total. The van der Waals surface area contributed by atoms with Crippen LogP contribution in [0.25, 0.3) is 22.2 Å². The minimum Gasteiger partial charge on any atom is -0.473 e. The van der Waals surface area contributed by atoms with Crippen LogP contribution in [0.4, 0.5) is 0 Å². The molecule has 5 rings (SSSR count). The lowest BCUT2D eigenvalue weighted by Gasteiger charge is -2.30. The van der Waals surface area contributed by atoms with Gasteiger partial charge >= 0.3 is 0 Å². The van der Waals surface area contributed by atoms with Crippen LogP contribution in [-0.4, -0.2) is 82.3 Å². The Bertz CT molecular complexity index is 1650. The lowest BCUT2D eigenvalue weighted by molar-refractivity contribution is -0.0367. The molecule has 1 saturated heterocycles. The summed E-state index contributed by atoms with van der Waals surface area (Å²) in [6.45, 7) is 12.7. The van der Waals surface area contributed by atoms with E-state index in [0.717, 1.165) is 45.0 Å². The van der Waals surface area contributed by atoms with Crippen LogP contribution in [0.1, 0.15) is 71.5 Å². The van der Waals surface area contributed by atoms with Crippen molar-refractivity contribution in [3.8, 4) is 35.4 Å². The average molecular weight is 731 g/mol. The number of aromatic nitrogens is 7. The van der Waals surface area contributed by atoms with Gasteiger partial charge in [-0.25, -0.2) is 9.36 Å². The largest absolute Gasteiger partial charge is 0.473 e. The smallest absolute Gasteiger partial charge is 0.246 e. The molecule has 13 heteroatoms. The van der Waals surface area contributed by atoms with Gasteiger partial charge in [-0.1, -0.05) is 0 Å². The molecular formula is C32H43IN8O4. The number of aryl methyl sites for hydroxylation is 1. The zero-order valence-corrected chi connectivity index (χ0v) is 29.1. The molecule has 242 valence electrons. The zero-order valence-electron chi connectivity index (χ0n) is 26.9. The lowest BCUT2D eigenvalue weighted by Crippen LogP contribution is -2.39. The number of rotatable bonds is 13. The van der Waals surface area contributed by atoms with Gasteiger partial charge in [-0.2, -0.15) is 10.2 Å². The topological polar surface area (TPSA) is 118 Å². The molecule has 12 nitrogen and oxygen atoms in total. The summed E-state index contributed by atoms with van der Waals surface area (Å²) in [7, 11) is 1.86. The quantitative estimate of drug-likeness (QED) is 0.153. The molecule has 4 aromatic rings. The van der Waals surface area contributed by atoms with Crippen molar-refractivity contribution < 1.29 is 19.3 Å². The van der Waals surface area contributed by atoms with Gasteiger partial charge in [0, 0.05) is 38.2 Å². The number of pyridine rings is 1. The maximum atomic E-state index is 9.68. The van der Waals surface area contributed by atoms with Crippen LogP contribution >= 0.6 is 22.6 Å². The second-order valence-corrected chi connectivity index (χ2v) is 13.0. The molecular weight excluding hydrogens is 687 g/mol. The average Bonchev–Trinajstić information content (AvgIpc) is 3.66. The van der Waals surface area contributed by atoms with Gasteiger partial charge in [0.15, 0.2) is 6.23 Å². The zero-order chi connectivity index (χ0) is 32.2. The molecule has 5 heterocycles. The Morgan fingerprint density at radius 1 is 1.18 bits per heavy atom. The van der Waals surface area contributed by atoms with E-state index < -0.39 is 0 Å². The van der Waals surface area contributed by atoms with Crippen molar-refractivity contribution in [1.29, 1.82) is 0 Å². The molecule has 0 radical (unpaired) electrons. The molecule has 4 aromatic heterocycles. The number of aliphatic hydroxyl groups is 1. The molecule has 0 saturated carbocycles. The minimum atomic E-state index is -0.184. The summed E-state index contributed by atoms with van der Waals surface area (Å²) in [5.74, 6) is 3.95. The second kappa shape index (κ2) is 14.5. The van der Waals surface area contributed by atoms with E-state index in [1.54, 1.807) is 10.9 Å². The maximum absolute atomic E-state index is 9.68. The summed E-state index contributed by atoms with van der Waals surface area (Å²) in [5, 5.41) is 24.4. The number of ether oxygens (including phenoxy) is 3. The van der Waals surface area contributed by atoms with E-state index in [2.05, 4.69) is 64.4 Å². The highest BCUT2D eigenvalue weighted by atomic mass is 127. The van der Waals surface area contributed by atoms with Crippen molar-refractivity contribution in [2.75, 3.05) is 19.8 Å². The number of hydrogen-bond acceptors (Lipinski definition) is 9. The Hall–Kier alpha value is -3.19. The van der Waals surface area contributed by atoms with Gasteiger partial charge in [0.05, 0.1) is 57.7 Å². The van der Waals surface area contributed by atoms with Crippen LogP contribution in [0.3, 0.4) is 0 Å². The highest BCUT2D eigenvalue weighted by Gasteiger charge is 2.26. The fraction of sp³-hybridized carbons (Fsp3) is 0.562. The van der Waals surface area contributed by atoms with Crippen LogP contribution in [0.15, 0.2) is 18.5 Å². The van der Waals surface area contributed by atoms with Crippen molar-refractivity contribution in [3.05, 3.63) is 33.4 Å². The van der Waals surface area contributed by atoms with Crippen LogP contribution in [0, 0.1) is 15.9 Å². The van der Waals surface area contributed by atoms with Crippen LogP contribution in [0.5, 0.6) is 11.8 Å². The van der Waals surface area contributed by atoms with Crippen LogP contribution in [-0.2, 0) is 24.9 Å². The summed E-state index contributed by atoms with van der Waals surface area (Å²) in [6.07, 6.45) is 12.2. The standard InChI is InChI=1S/C32H43IN8O4/c1-8-25-23-15-26(34-17-27(23)41(36-25)29-11-9-10-14-43-29)24-16-35-38(7)32(24)45-22(6)18-39(20(2)3)19-28-30(33)31(44-21(4)5)37-40(28)12-13-42/h1,15-17,20-22,29,42H,9-14,18-19H2,2-7H3/t22-,29?/m0/s1. The van der Waals surface area contributed by atoms with Gasteiger partial charge in [-0.15, -0.1) is 11.5 Å². The van der Waals surface area contributed by atoms with E-state index in [1.165, 1.54) is 0 Å². The molecule has 45 heavy (non-hydrogen) atoms. The summed E-state index contributed by atoms with van der Waals surface area (Å²) in [4.78, 5) is 7.13. The first kappa shape index (κ1) is 33.2. The number of halogens is 1. The highest BCUT2D eigenvalue weighted by molar-refractivity contribution is 14.1. The van der Waals surface area contributed by atoms with Gasteiger partial charge in [0.1, 0.15) is 11.8 Å². The summed E-state index contributed by atoms with van der Waals surface area (Å²) in [6, 6.07) is 2.19.